The van der Waals surface area contributed by atoms with Crippen molar-refractivity contribution < 1.29 is 18.8 Å². The van der Waals surface area contributed by atoms with Crippen molar-refractivity contribution in [3.05, 3.63) is 71.9 Å². The molecule has 0 atom stereocenters. The molecule has 4 aromatic rings. The van der Waals surface area contributed by atoms with E-state index in [-0.39, 0.29) is 5.41 Å². The summed E-state index contributed by atoms with van der Waals surface area (Å²) in [6.07, 6.45) is 4.59. The zero-order chi connectivity index (χ0) is 28.0. The number of benzene rings is 1. The highest BCUT2D eigenvalue weighted by Crippen LogP contribution is 2.24. The third-order valence-electron chi connectivity index (χ3n) is 6.38. The van der Waals surface area contributed by atoms with Gasteiger partial charge >= 0.3 is 6.03 Å². The van der Waals surface area contributed by atoms with Gasteiger partial charge in [-0.3, -0.25) is 10.2 Å². The second kappa shape index (κ2) is 12.2. The first-order valence-electron chi connectivity index (χ1n) is 13.4. The molecule has 0 radical (unpaired) electrons. The van der Waals surface area contributed by atoms with Gasteiger partial charge in [0.2, 0.25) is 0 Å². The molecule has 3 aromatic heterocycles. The van der Waals surface area contributed by atoms with Crippen LogP contribution in [-0.4, -0.2) is 64.9 Å². The van der Waals surface area contributed by atoms with Crippen LogP contribution in [0.15, 0.2) is 59.4 Å². The number of hydrogen-bond donors (Lipinski definition) is 2. The van der Waals surface area contributed by atoms with Gasteiger partial charge in [-0.05, 0) is 48.7 Å². The van der Waals surface area contributed by atoms with Crippen LogP contribution in [0.5, 0.6) is 5.75 Å². The van der Waals surface area contributed by atoms with E-state index in [1.807, 2.05) is 61.7 Å². The Balaban J connectivity index is 1.13. The van der Waals surface area contributed by atoms with E-state index in [1.54, 1.807) is 18.3 Å². The van der Waals surface area contributed by atoms with Crippen LogP contribution in [0.4, 0.5) is 16.3 Å². The number of urea groups is 1. The molecule has 0 saturated carbocycles. The number of imidazole rings is 1. The normalized spacial score (nSPS) is 14.0. The van der Waals surface area contributed by atoms with Gasteiger partial charge in [0.25, 0.3) is 0 Å². The molecular formula is C30H34N6O4. The standard InChI is InChI=1S/C30H34N6O4/c1-30(2,3)26-19-27(34-40-26)33-29(37)32-24-9-12-28-31-23(20-36(28)21-24)8-5-22-6-10-25(11-7-22)39-16-4-13-35-14-17-38-18-15-35/h6-7,9-12,19-21H,4,13-18H2,1-3H3,(H2,32,33,34,37). The fourth-order valence-electron chi connectivity index (χ4n) is 4.17. The van der Waals surface area contributed by atoms with Gasteiger partial charge in [-0.15, -0.1) is 0 Å². The number of ether oxygens (including phenoxy) is 2. The summed E-state index contributed by atoms with van der Waals surface area (Å²) in [5, 5.41) is 9.40. The van der Waals surface area contributed by atoms with Crippen LogP contribution in [0.1, 0.15) is 44.2 Å². The molecular weight excluding hydrogens is 508 g/mol. The maximum atomic E-state index is 12.4. The Morgan fingerprint density at radius 2 is 1.85 bits per heavy atom. The van der Waals surface area contributed by atoms with Crippen LogP contribution in [0.25, 0.3) is 5.65 Å². The number of morpholine rings is 1. The number of hydrogen-bond acceptors (Lipinski definition) is 7. The van der Waals surface area contributed by atoms with Crippen molar-refractivity contribution in [3.63, 3.8) is 0 Å². The Hall–Kier alpha value is -4.33. The second-order valence-electron chi connectivity index (χ2n) is 10.6. The summed E-state index contributed by atoms with van der Waals surface area (Å²) in [5.41, 5.74) is 2.63. The first-order chi connectivity index (χ1) is 19.3. The van der Waals surface area contributed by atoms with Crippen LogP contribution >= 0.6 is 0 Å². The topological polar surface area (TPSA) is 106 Å². The fraction of sp³-hybridized carbons (Fsp3) is 0.367. The van der Waals surface area contributed by atoms with Crippen LogP contribution in [-0.2, 0) is 10.2 Å². The molecule has 1 aliphatic rings. The summed E-state index contributed by atoms with van der Waals surface area (Å²) < 4.78 is 18.4. The highest BCUT2D eigenvalue weighted by molar-refractivity contribution is 5.99. The third kappa shape index (κ3) is 7.40. The number of carbonyl (C=O) groups excluding carboxylic acids is 1. The van der Waals surface area contributed by atoms with Crippen LogP contribution in [0, 0.1) is 11.8 Å². The number of pyridine rings is 1. The molecule has 1 aromatic carbocycles. The molecule has 2 N–H and O–H groups in total. The zero-order valence-corrected chi connectivity index (χ0v) is 23.1. The average molecular weight is 543 g/mol. The quantitative estimate of drug-likeness (QED) is 0.256. The van der Waals surface area contributed by atoms with Gasteiger partial charge in [-0.2, -0.15) is 0 Å². The summed E-state index contributed by atoms with van der Waals surface area (Å²) in [7, 11) is 0. The number of anilines is 2. The lowest BCUT2D eigenvalue weighted by molar-refractivity contribution is 0.0358. The van der Waals surface area contributed by atoms with Gasteiger partial charge < -0.3 is 23.7 Å². The highest BCUT2D eigenvalue weighted by atomic mass is 16.5. The molecule has 208 valence electrons. The molecule has 10 heteroatoms. The van der Waals surface area contributed by atoms with Crippen molar-refractivity contribution in [2.24, 2.45) is 0 Å². The molecule has 0 bridgehead atoms. The molecule has 4 heterocycles. The van der Waals surface area contributed by atoms with E-state index in [1.165, 1.54) is 0 Å². The third-order valence-corrected chi connectivity index (χ3v) is 6.38. The lowest BCUT2D eigenvalue weighted by atomic mass is 9.93. The maximum absolute atomic E-state index is 12.4. The van der Waals surface area contributed by atoms with E-state index in [0.29, 0.717) is 29.6 Å². The summed E-state index contributed by atoms with van der Waals surface area (Å²) >= 11 is 0. The van der Waals surface area contributed by atoms with E-state index >= 15 is 0 Å². The molecule has 10 nitrogen and oxygen atoms in total. The minimum Gasteiger partial charge on any atom is -0.494 e. The second-order valence-corrected chi connectivity index (χ2v) is 10.6. The number of fused-ring (bicyclic) bond motifs is 1. The van der Waals surface area contributed by atoms with Crippen molar-refractivity contribution in [1.82, 2.24) is 19.4 Å². The first-order valence-corrected chi connectivity index (χ1v) is 13.4. The van der Waals surface area contributed by atoms with Gasteiger partial charge in [-0.1, -0.05) is 31.8 Å². The summed E-state index contributed by atoms with van der Waals surface area (Å²) in [5.74, 6) is 8.14. The molecule has 1 saturated heterocycles. The number of carbonyl (C=O) groups is 1. The van der Waals surface area contributed by atoms with Crippen molar-refractivity contribution in [2.75, 3.05) is 50.1 Å². The van der Waals surface area contributed by atoms with Gasteiger partial charge in [-0.25, -0.2) is 9.78 Å². The van der Waals surface area contributed by atoms with E-state index < -0.39 is 6.03 Å². The van der Waals surface area contributed by atoms with Crippen LogP contribution in [0.3, 0.4) is 0 Å². The van der Waals surface area contributed by atoms with Crippen molar-refractivity contribution in [1.29, 1.82) is 0 Å². The van der Waals surface area contributed by atoms with Crippen molar-refractivity contribution in [2.45, 2.75) is 32.6 Å². The largest absolute Gasteiger partial charge is 0.494 e. The fourth-order valence-corrected chi connectivity index (χ4v) is 4.17. The monoisotopic (exact) mass is 542 g/mol. The van der Waals surface area contributed by atoms with E-state index in [4.69, 9.17) is 14.0 Å². The lowest BCUT2D eigenvalue weighted by Gasteiger charge is -2.26. The van der Waals surface area contributed by atoms with Crippen molar-refractivity contribution in [3.8, 4) is 17.6 Å². The number of nitrogens with zero attached hydrogens (tertiary/aromatic N) is 4. The average Bonchev–Trinajstić information content (AvgIpc) is 3.58. The molecule has 0 spiro atoms. The van der Waals surface area contributed by atoms with Gasteiger partial charge in [0.1, 0.15) is 22.9 Å². The SMILES string of the molecule is CC(C)(C)c1cc(NC(=O)Nc2ccc3nc(C#Cc4ccc(OCCCN5CCOCC5)cc4)cn3c2)no1. The van der Waals surface area contributed by atoms with E-state index in [2.05, 4.69) is 37.5 Å². The predicted octanol–water partition coefficient (Wildman–Crippen LogP) is 4.76. The minimum atomic E-state index is -0.419. The number of rotatable bonds is 7. The number of nitrogens with one attached hydrogen (secondary N) is 2. The van der Waals surface area contributed by atoms with Gasteiger partial charge in [0.15, 0.2) is 5.82 Å². The minimum absolute atomic E-state index is 0.197. The van der Waals surface area contributed by atoms with Crippen molar-refractivity contribution >= 4 is 23.2 Å². The molecule has 2 amide bonds. The summed E-state index contributed by atoms with van der Waals surface area (Å²) in [6.45, 7) is 11.4. The molecule has 5 rings (SSSR count). The number of amides is 2. The Labute approximate surface area is 233 Å². The lowest BCUT2D eigenvalue weighted by Crippen LogP contribution is -2.37. The molecule has 40 heavy (non-hydrogen) atoms. The van der Waals surface area contributed by atoms with Crippen LogP contribution in [0.2, 0.25) is 0 Å². The van der Waals surface area contributed by atoms with Gasteiger partial charge in [0, 0.05) is 49.1 Å². The Morgan fingerprint density at radius 1 is 1.05 bits per heavy atom. The molecule has 0 aliphatic carbocycles. The Bertz CT molecular complexity index is 1500. The summed E-state index contributed by atoms with van der Waals surface area (Å²) in [6, 6.07) is 12.7. The number of aromatic nitrogens is 3. The maximum Gasteiger partial charge on any atom is 0.324 e. The Kier molecular flexibility index (Phi) is 8.34. The highest BCUT2D eigenvalue weighted by Gasteiger charge is 2.20. The first kappa shape index (κ1) is 27.2. The van der Waals surface area contributed by atoms with Crippen LogP contribution < -0.4 is 15.4 Å². The Morgan fingerprint density at radius 3 is 2.60 bits per heavy atom. The summed E-state index contributed by atoms with van der Waals surface area (Å²) in [4.78, 5) is 19.4. The molecule has 1 fully saturated rings. The van der Waals surface area contributed by atoms with E-state index in [0.717, 1.165) is 56.2 Å². The molecule has 0 unspecified atom stereocenters. The molecule has 1 aliphatic heterocycles. The van der Waals surface area contributed by atoms with Gasteiger partial charge in [0.05, 0.1) is 25.5 Å². The zero-order valence-electron chi connectivity index (χ0n) is 23.1. The van der Waals surface area contributed by atoms with E-state index in [9.17, 15) is 4.79 Å². The smallest absolute Gasteiger partial charge is 0.324 e. The predicted molar refractivity (Wildman–Crippen MR) is 153 cm³/mol.